The van der Waals surface area contributed by atoms with Crippen LogP contribution in [-0.2, 0) is 17.1 Å². The highest BCUT2D eigenvalue weighted by atomic mass is 32.2. The maximum absolute atomic E-state index is 13.1. The van der Waals surface area contributed by atoms with Gasteiger partial charge in [-0.3, -0.25) is 9.36 Å². The minimum Gasteiger partial charge on any atom is -0.481 e. The third-order valence-corrected chi connectivity index (χ3v) is 3.99. The number of aliphatic carboxylic acids is 1. The van der Waals surface area contributed by atoms with Crippen LogP contribution in [-0.4, -0.2) is 36.2 Å². The van der Waals surface area contributed by atoms with Crippen molar-refractivity contribution < 1.29 is 18.9 Å². The van der Waals surface area contributed by atoms with Gasteiger partial charge in [0, 0.05) is 18.4 Å². The number of carboxylic acid groups (broad SMARTS) is 1. The molecule has 3 N–H and O–H groups in total. The van der Waals surface area contributed by atoms with Crippen LogP contribution in [0, 0.1) is 12.7 Å². The zero-order valence-electron chi connectivity index (χ0n) is 14.1. The number of hydrogen-bond acceptors (Lipinski definition) is 8. The van der Waals surface area contributed by atoms with E-state index in [1.54, 1.807) is 16.7 Å². The highest BCUT2D eigenvalue weighted by Gasteiger charge is 2.15. The molecule has 0 radical (unpaired) electrons. The summed E-state index contributed by atoms with van der Waals surface area (Å²) in [6, 6.07) is 6.08. The second-order valence-electron chi connectivity index (χ2n) is 5.02. The van der Waals surface area contributed by atoms with Crippen LogP contribution >= 0.6 is 11.8 Å². The molecule has 11 heteroatoms. The van der Waals surface area contributed by atoms with E-state index < -0.39 is 5.97 Å². The Labute approximate surface area is 152 Å². The molecule has 138 valence electrons. The van der Waals surface area contributed by atoms with Crippen molar-refractivity contribution in [1.29, 1.82) is 0 Å². The van der Waals surface area contributed by atoms with Crippen LogP contribution < -0.4 is 5.73 Å². The first-order chi connectivity index (χ1) is 12.4. The summed E-state index contributed by atoms with van der Waals surface area (Å²) in [6.07, 6.45) is 0. The Morgan fingerprint density at radius 3 is 2.50 bits per heavy atom. The molecule has 26 heavy (non-hydrogen) atoms. The van der Waals surface area contributed by atoms with Gasteiger partial charge in [-0.05, 0) is 31.2 Å². The van der Waals surface area contributed by atoms with Gasteiger partial charge in [0.05, 0.1) is 6.54 Å². The Bertz CT molecular complexity index is 861. The van der Waals surface area contributed by atoms with Gasteiger partial charge in [0.1, 0.15) is 17.2 Å². The molecule has 3 rings (SSSR count). The van der Waals surface area contributed by atoms with Crippen LogP contribution in [0.15, 0.2) is 34.1 Å². The van der Waals surface area contributed by atoms with Crippen molar-refractivity contribution in [3.63, 3.8) is 0 Å². The third kappa shape index (κ3) is 5.10. The van der Waals surface area contributed by atoms with E-state index in [1.807, 2.05) is 6.92 Å². The number of aromatic nitrogens is 5. The number of carboxylic acids is 1. The largest absolute Gasteiger partial charge is 0.481 e. The third-order valence-electron chi connectivity index (χ3n) is 3.05. The maximum Gasteiger partial charge on any atom is 0.300 e. The molecule has 2 heterocycles. The van der Waals surface area contributed by atoms with Crippen LogP contribution in [0.2, 0.25) is 0 Å². The number of rotatable bonds is 5. The van der Waals surface area contributed by atoms with Gasteiger partial charge < -0.3 is 10.8 Å². The standard InChI is InChI=1S/C13H13FN6OS.C2H4O2/c1-8-11(19-21-18-8)7-22-13-17-16-12(6-15)20(13)10-4-2-9(14)3-5-10;1-2(3)4/h2-5H,6-7,15H2,1H3;1H3,(H,3,4). The number of benzene rings is 1. The van der Waals surface area contributed by atoms with Crippen molar-refractivity contribution >= 4 is 17.7 Å². The minimum absolute atomic E-state index is 0.232. The molecular weight excluding hydrogens is 363 g/mol. The van der Waals surface area contributed by atoms with Gasteiger partial charge in [0.25, 0.3) is 5.97 Å². The molecule has 0 amide bonds. The Hall–Kier alpha value is -2.79. The molecule has 0 atom stereocenters. The second-order valence-corrected chi connectivity index (χ2v) is 5.96. The van der Waals surface area contributed by atoms with Gasteiger partial charge in [0.15, 0.2) is 11.0 Å². The lowest BCUT2D eigenvalue weighted by molar-refractivity contribution is -0.134. The zero-order chi connectivity index (χ0) is 19.1. The van der Waals surface area contributed by atoms with Crippen molar-refractivity contribution in [3.8, 4) is 5.69 Å². The molecule has 9 nitrogen and oxygen atoms in total. The normalized spacial score (nSPS) is 10.3. The van der Waals surface area contributed by atoms with E-state index in [0.29, 0.717) is 16.7 Å². The number of nitrogens with zero attached hydrogens (tertiary/aromatic N) is 5. The summed E-state index contributed by atoms with van der Waals surface area (Å²) in [5, 5.41) is 23.8. The van der Waals surface area contributed by atoms with E-state index in [2.05, 4.69) is 25.1 Å². The summed E-state index contributed by atoms with van der Waals surface area (Å²) in [5.41, 5.74) is 7.94. The van der Waals surface area contributed by atoms with Crippen molar-refractivity contribution in [2.24, 2.45) is 5.73 Å². The van der Waals surface area contributed by atoms with E-state index in [1.165, 1.54) is 23.9 Å². The van der Waals surface area contributed by atoms with Crippen LogP contribution in [0.5, 0.6) is 0 Å². The van der Waals surface area contributed by atoms with Crippen LogP contribution in [0.4, 0.5) is 4.39 Å². The number of hydrogen-bond donors (Lipinski definition) is 2. The second kappa shape index (κ2) is 9.06. The Kier molecular flexibility index (Phi) is 6.81. The van der Waals surface area contributed by atoms with Gasteiger partial charge >= 0.3 is 0 Å². The summed E-state index contributed by atoms with van der Waals surface area (Å²) >= 11 is 1.43. The summed E-state index contributed by atoms with van der Waals surface area (Å²) in [4.78, 5) is 9.00. The number of halogens is 1. The quantitative estimate of drug-likeness (QED) is 0.637. The fourth-order valence-electron chi connectivity index (χ4n) is 1.89. The average Bonchev–Trinajstić information content (AvgIpc) is 3.19. The topological polar surface area (TPSA) is 133 Å². The Morgan fingerprint density at radius 1 is 1.31 bits per heavy atom. The van der Waals surface area contributed by atoms with E-state index in [-0.39, 0.29) is 12.4 Å². The van der Waals surface area contributed by atoms with E-state index >= 15 is 0 Å². The predicted octanol–water partition coefficient (Wildman–Crippen LogP) is 1.94. The van der Waals surface area contributed by atoms with Gasteiger partial charge in [0.2, 0.25) is 0 Å². The van der Waals surface area contributed by atoms with E-state index in [4.69, 9.17) is 15.6 Å². The molecule has 0 aliphatic carbocycles. The Morgan fingerprint density at radius 2 is 1.96 bits per heavy atom. The van der Waals surface area contributed by atoms with Crippen molar-refractivity contribution in [2.45, 2.75) is 31.3 Å². The summed E-state index contributed by atoms with van der Waals surface area (Å²) in [7, 11) is 0. The lowest BCUT2D eigenvalue weighted by atomic mass is 10.3. The monoisotopic (exact) mass is 380 g/mol. The molecule has 0 spiro atoms. The zero-order valence-corrected chi connectivity index (χ0v) is 14.9. The SMILES string of the molecule is CC(=O)O.Cc1nonc1CSc1nnc(CN)n1-c1ccc(F)cc1. The van der Waals surface area contributed by atoms with Crippen LogP contribution in [0.25, 0.3) is 5.69 Å². The number of carbonyl (C=O) groups is 1. The van der Waals surface area contributed by atoms with Crippen LogP contribution in [0.1, 0.15) is 24.1 Å². The minimum atomic E-state index is -0.833. The van der Waals surface area contributed by atoms with E-state index in [9.17, 15) is 4.39 Å². The fraction of sp³-hybridized carbons (Fsp3) is 0.267. The molecular formula is C15H17FN6O3S. The first-order valence-electron chi connectivity index (χ1n) is 7.43. The van der Waals surface area contributed by atoms with Gasteiger partial charge in [-0.2, -0.15) is 0 Å². The van der Waals surface area contributed by atoms with Crippen molar-refractivity contribution in [3.05, 3.63) is 47.3 Å². The summed E-state index contributed by atoms with van der Waals surface area (Å²) < 4.78 is 19.6. The Balaban J connectivity index is 0.000000552. The molecule has 0 saturated carbocycles. The van der Waals surface area contributed by atoms with Crippen molar-refractivity contribution in [2.75, 3.05) is 0 Å². The lowest BCUT2D eigenvalue weighted by Gasteiger charge is -2.08. The molecule has 0 aliphatic heterocycles. The molecule has 3 aromatic rings. The molecule has 1 aromatic carbocycles. The predicted molar refractivity (Wildman–Crippen MR) is 91.1 cm³/mol. The molecule has 2 aromatic heterocycles. The molecule has 0 aliphatic rings. The lowest BCUT2D eigenvalue weighted by Crippen LogP contribution is -2.07. The van der Waals surface area contributed by atoms with Crippen LogP contribution in [0.3, 0.4) is 0 Å². The smallest absolute Gasteiger partial charge is 0.300 e. The van der Waals surface area contributed by atoms with E-state index in [0.717, 1.165) is 24.0 Å². The molecule has 0 bridgehead atoms. The summed E-state index contributed by atoms with van der Waals surface area (Å²) in [6.45, 7) is 3.14. The van der Waals surface area contributed by atoms with Gasteiger partial charge in [-0.25, -0.2) is 9.02 Å². The average molecular weight is 380 g/mol. The maximum atomic E-state index is 13.1. The number of thioether (sulfide) groups is 1. The van der Waals surface area contributed by atoms with Gasteiger partial charge in [-0.1, -0.05) is 22.1 Å². The first kappa shape index (κ1) is 19.5. The summed E-state index contributed by atoms with van der Waals surface area (Å²) in [5.74, 6) is 0.00732. The fourth-order valence-corrected chi connectivity index (χ4v) is 2.85. The van der Waals surface area contributed by atoms with Gasteiger partial charge in [-0.15, -0.1) is 10.2 Å². The molecule has 0 fully saturated rings. The molecule has 0 saturated heterocycles. The highest BCUT2D eigenvalue weighted by Crippen LogP contribution is 2.25. The highest BCUT2D eigenvalue weighted by molar-refractivity contribution is 7.98. The number of aryl methyl sites for hydroxylation is 1. The first-order valence-corrected chi connectivity index (χ1v) is 8.41. The number of nitrogens with two attached hydrogens (primary N) is 1. The molecule has 0 unspecified atom stereocenters. The van der Waals surface area contributed by atoms with Crippen molar-refractivity contribution in [1.82, 2.24) is 25.1 Å².